The van der Waals surface area contributed by atoms with Crippen LogP contribution in [0.2, 0.25) is 0 Å². The van der Waals surface area contributed by atoms with E-state index in [-0.39, 0.29) is 5.25 Å². The highest BCUT2D eigenvalue weighted by molar-refractivity contribution is 9.10. The van der Waals surface area contributed by atoms with Gasteiger partial charge in [-0.05, 0) is 40.9 Å². The summed E-state index contributed by atoms with van der Waals surface area (Å²) in [7, 11) is 1.92. The molecule has 2 rings (SSSR count). The largest absolute Gasteiger partial charge is 0.298 e. The van der Waals surface area contributed by atoms with Crippen LogP contribution in [0.15, 0.2) is 4.47 Å². The Morgan fingerprint density at radius 3 is 2.89 bits per heavy atom. The van der Waals surface area contributed by atoms with Crippen molar-refractivity contribution in [1.29, 1.82) is 0 Å². The summed E-state index contributed by atoms with van der Waals surface area (Å²) in [6, 6.07) is 0. The van der Waals surface area contributed by atoms with Crippen LogP contribution in [0.25, 0.3) is 0 Å². The summed E-state index contributed by atoms with van der Waals surface area (Å²) < 4.78 is 2.86. The van der Waals surface area contributed by atoms with Crippen LogP contribution in [0.1, 0.15) is 37.6 Å². The lowest BCUT2D eigenvalue weighted by Gasteiger charge is -2.19. The second-order valence-corrected chi connectivity index (χ2v) is 6.79. The highest BCUT2D eigenvalue weighted by atomic mass is 79.9. The van der Waals surface area contributed by atoms with Crippen LogP contribution in [-0.4, -0.2) is 26.6 Å². The molecule has 1 fully saturated rings. The summed E-state index contributed by atoms with van der Waals surface area (Å²) in [5, 5.41) is 4.64. The van der Waals surface area contributed by atoms with Gasteiger partial charge in [-0.25, -0.2) is 0 Å². The molecular formula is C13H19BrN2OS. The zero-order valence-corrected chi connectivity index (χ0v) is 13.3. The molecule has 0 amide bonds. The summed E-state index contributed by atoms with van der Waals surface area (Å²) in [5.74, 6) is 1.48. The third-order valence-electron chi connectivity index (χ3n) is 3.38. The number of carbonyl (C=O) groups is 1. The molecule has 1 aliphatic rings. The molecule has 1 atom stereocenters. The Bertz CT molecular complexity index is 438. The summed E-state index contributed by atoms with van der Waals surface area (Å²) in [6.45, 7) is 2.08. The number of aromatic nitrogens is 2. The van der Waals surface area contributed by atoms with E-state index in [1.54, 1.807) is 0 Å². The minimum Gasteiger partial charge on any atom is -0.298 e. The van der Waals surface area contributed by atoms with E-state index >= 15 is 0 Å². The average Bonchev–Trinajstić information content (AvgIpc) is 2.67. The van der Waals surface area contributed by atoms with Crippen LogP contribution in [0, 0.1) is 0 Å². The molecule has 5 heteroatoms. The minimum absolute atomic E-state index is 0.200. The van der Waals surface area contributed by atoms with Gasteiger partial charge >= 0.3 is 0 Å². The van der Waals surface area contributed by atoms with Gasteiger partial charge in [-0.2, -0.15) is 16.9 Å². The number of rotatable bonds is 4. The van der Waals surface area contributed by atoms with E-state index in [1.807, 2.05) is 23.5 Å². The van der Waals surface area contributed by atoms with Gasteiger partial charge in [0, 0.05) is 7.05 Å². The molecule has 0 N–H and O–H groups in total. The van der Waals surface area contributed by atoms with Crippen molar-refractivity contribution in [3.05, 3.63) is 15.9 Å². The molecule has 0 saturated carbocycles. The summed E-state index contributed by atoms with van der Waals surface area (Å²) in [4.78, 5) is 12.3. The lowest BCUT2D eigenvalue weighted by atomic mass is 10.1. The Morgan fingerprint density at radius 2 is 2.33 bits per heavy atom. The maximum absolute atomic E-state index is 12.3. The number of hydrogen-bond donors (Lipinski definition) is 0. The molecule has 2 heterocycles. The number of aryl methyl sites for hydroxylation is 2. The number of thioether (sulfide) groups is 1. The zero-order chi connectivity index (χ0) is 13.1. The fourth-order valence-electron chi connectivity index (χ4n) is 2.29. The minimum atomic E-state index is 0.200. The molecule has 3 nitrogen and oxygen atoms in total. The highest BCUT2D eigenvalue weighted by Crippen LogP contribution is 2.28. The Labute approximate surface area is 121 Å². The molecule has 0 aromatic carbocycles. The molecule has 1 aliphatic heterocycles. The zero-order valence-electron chi connectivity index (χ0n) is 10.9. The lowest BCUT2D eigenvalue weighted by molar-refractivity contribution is -0.118. The van der Waals surface area contributed by atoms with Crippen molar-refractivity contribution in [1.82, 2.24) is 9.78 Å². The van der Waals surface area contributed by atoms with Gasteiger partial charge in [0.2, 0.25) is 0 Å². The molecule has 0 aliphatic carbocycles. The van der Waals surface area contributed by atoms with E-state index in [0.717, 1.165) is 34.5 Å². The smallest absolute Gasteiger partial charge is 0.151 e. The summed E-state index contributed by atoms with van der Waals surface area (Å²) in [6.07, 6.45) is 4.88. The van der Waals surface area contributed by atoms with Crippen molar-refractivity contribution in [2.75, 3.05) is 5.75 Å². The highest BCUT2D eigenvalue weighted by Gasteiger charge is 2.24. The van der Waals surface area contributed by atoms with Gasteiger partial charge in [0.1, 0.15) is 0 Å². The molecule has 0 spiro atoms. The van der Waals surface area contributed by atoms with Crippen LogP contribution < -0.4 is 0 Å². The molecule has 1 aromatic rings. The average molecular weight is 331 g/mol. The van der Waals surface area contributed by atoms with Gasteiger partial charge in [0.25, 0.3) is 0 Å². The first kappa shape index (κ1) is 14.1. The normalized spacial score (nSPS) is 20.1. The SMILES string of the molecule is CCc1nn(C)c(CC(=O)C2CCCCS2)c1Br. The van der Waals surface area contributed by atoms with Gasteiger partial charge < -0.3 is 0 Å². The van der Waals surface area contributed by atoms with E-state index in [4.69, 9.17) is 0 Å². The quantitative estimate of drug-likeness (QED) is 0.850. The van der Waals surface area contributed by atoms with Crippen molar-refractivity contribution >= 4 is 33.5 Å². The van der Waals surface area contributed by atoms with Crippen LogP contribution in [0.5, 0.6) is 0 Å². The van der Waals surface area contributed by atoms with Crippen molar-refractivity contribution in [2.45, 2.75) is 44.3 Å². The molecule has 18 heavy (non-hydrogen) atoms. The Kier molecular flexibility index (Phi) is 4.90. The van der Waals surface area contributed by atoms with Crippen molar-refractivity contribution in [3.8, 4) is 0 Å². The van der Waals surface area contributed by atoms with Gasteiger partial charge in [-0.1, -0.05) is 13.3 Å². The number of nitrogens with zero attached hydrogens (tertiary/aromatic N) is 2. The molecule has 0 radical (unpaired) electrons. The van der Waals surface area contributed by atoms with E-state index in [9.17, 15) is 4.79 Å². The summed E-state index contributed by atoms with van der Waals surface area (Å²) >= 11 is 5.39. The topological polar surface area (TPSA) is 34.9 Å². The third-order valence-corrected chi connectivity index (χ3v) is 5.72. The molecule has 1 saturated heterocycles. The van der Waals surface area contributed by atoms with Crippen molar-refractivity contribution in [2.24, 2.45) is 7.05 Å². The Morgan fingerprint density at radius 1 is 1.56 bits per heavy atom. The van der Waals surface area contributed by atoms with E-state index in [0.29, 0.717) is 12.2 Å². The van der Waals surface area contributed by atoms with Crippen LogP contribution in [-0.2, 0) is 24.7 Å². The Balaban J connectivity index is 2.08. The van der Waals surface area contributed by atoms with Gasteiger partial charge in [-0.15, -0.1) is 0 Å². The summed E-state index contributed by atoms with van der Waals surface area (Å²) in [5.41, 5.74) is 2.06. The van der Waals surface area contributed by atoms with Crippen molar-refractivity contribution in [3.63, 3.8) is 0 Å². The lowest BCUT2D eigenvalue weighted by Crippen LogP contribution is -2.23. The fourth-order valence-corrected chi connectivity index (χ4v) is 4.30. The molecule has 100 valence electrons. The molecule has 0 bridgehead atoms. The number of carbonyl (C=O) groups excluding carboxylic acids is 1. The number of hydrogen-bond acceptors (Lipinski definition) is 3. The number of halogens is 1. The molecule has 1 unspecified atom stereocenters. The fraction of sp³-hybridized carbons (Fsp3) is 0.692. The monoisotopic (exact) mass is 330 g/mol. The van der Waals surface area contributed by atoms with E-state index < -0.39 is 0 Å². The first-order chi connectivity index (χ1) is 8.63. The second kappa shape index (κ2) is 6.24. The molecule has 1 aromatic heterocycles. The third kappa shape index (κ3) is 2.99. The first-order valence-electron chi connectivity index (χ1n) is 6.48. The first-order valence-corrected chi connectivity index (χ1v) is 8.32. The van der Waals surface area contributed by atoms with Crippen LogP contribution in [0.3, 0.4) is 0 Å². The maximum atomic E-state index is 12.3. The molecular weight excluding hydrogens is 312 g/mol. The number of Topliss-reactive ketones (excluding diaryl/α,β-unsaturated/α-hetero) is 1. The van der Waals surface area contributed by atoms with Crippen LogP contribution in [0.4, 0.5) is 0 Å². The van der Waals surface area contributed by atoms with Gasteiger partial charge in [-0.3, -0.25) is 9.48 Å². The van der Waals surface area contributed by atoms with Crippen LogP contribution >= 0.6 is 27.7 Å². The maximum Gasteiger partial charge on any atom is 0.151 e. The Hall–Kier alpha value is -0.290. The van der Waals surface area contributed by atoms with E-state index in [1.165, 1.54) is 12.8 Å². The number of ketones is 1. The predicted octanol–water partition coefficient (Wildman–Crippen LogP) is 3.14. The van der Waals surface area contributed by atoms with Crippen molar-refractivity contribution < 1.29 is 4.79 Å². The standard InChI is InChI=1S/C13H19BrN2OS/c1-3-9-13(14)10(16(2)15-9)8-11(17)12-6-4-5-7-18-12/h12H,3-8H2,1-2H3. The second-order valence-electron chi connectivity index (χ2n) is 4.68. The predicted molar refractivity (Wildman–Crippen MR) is 79.1 cm³/mol. The van der Waals surface area contributed by atoms with Gasteiger partial charge in [0.05, 0.1) is 27.5 Å². The van der Waals surface area contributed by atoms with Gasteiger partial charge in [0.15, 0.2) is 5.78 Å². The van der Waals surface area contributed by atoms with E-state index in [2.05, 4.69) is 28.0 Å².